The lowest BCUT2D eigenvalue weighted by atomic mass is 10.2. The van der Waals surface area contributed by atoms with Crippen LogP contribution in [0.25, 0.3) is 0 Å². The summed E-state index contributed by atoms with van der Waals surface area (Å²) < 4.78 is 0. The van der Waals surface area contributed by atoms with Gasteiger partial charge in [-0.05, 0) is 24.8 Å². The molecule has 0 fully saturated rings. The highest BCUT2D eigenvalue weighted by Gasteiger charge is 2.08. The molecule has 3 heteroatoms. The fourth-order valence-corrected chi connectivity index (χ4v) is 2.10. The Hall–Kier alpha value is -1.58. The van der Waals surface area contributed by atoms with E-state index in [-0.39, 0.29) is 6.04 Å². The van der Waals surface area contributed by atoms with Crippen LogP contribution in [0, 0.1) is 23.7 Å². The summed E-state index contributed by atoms with van der Waals surface area (Å²) in [6.07, 6.45) is 5.31. The van der Waals surface area contributed by atoms with Crippen LogP contribution in [0.5, 0.6) is 0 Å². The Kier molecular flexibility index (Phi) is 4.76. The van der Waals surface area contributed by atoms with Crippen molar-refractivity contribution < 1.29 is 0 Å². The molecule has 0 radical (unpaired) electrons. The van der Waals surface area contributed by atoms with E-state index >= 15 is 0 Å². The molecule has 1 N–H and O–H groups in total. The second kappa shape index (κ2) is 6.10. The van der Waals surface area contributed by atoms with E-state index in [4.69, 9.17) is 11.7 Å². The molecular formula is C13H14N2S. The molecule has 0 bridgehead atoms. The zero-order valence-electron chi connectivity index (χ0n) is 9.45. The molecular weight excluding hydrogens is 216 g/mol. The molecule has 1 aromatic rings. The molecule has 82 valence electrons. The molecule has 0 aliphatic heterocycles. The molecule has 16 heavy (non-hydrogen) atoms. The quantitative estimate of drug-likeness (QED) is 0.637. The van der Waals surface area contributed by atoms with Gasteiger partial charge < -0.3 is 5.32 Å². The van der Waals surface area contributed by atoms with Crippen LogP contribution in [0.1, 0.15) is 19.4 Å². The molecule has 0 aliphatic rings. The number of benzene rings is 1. The fraction of sp³-hybridized carbons (Fsp3) is 0.308. The molecule has 0 spiro atoms. The molecule has 0 aromatic heterocycles. The van der Waals surface area contributed by atoms with Crippen LogP contribution in [0.15, 0.2) is 23.1 Å². The molecule has 1 rings (SSSR count). The van der Waals surface area contributed by atoms with E-state index in [9.17, 15) is 0 Å². The van der Waals surface area contributed by atoms with Crippen molar-refractivity contribution in [3.63, 3.8) is 0 Å². The van der Waals surface area contributed by atoms with Gasteiger partial charge in [-0.15, -0.1) is 18.2 Å². The maximum atomic E-state index is 9.16. The summed E-state index contributed by atoms with van der Waals surface area (Å²) in [7, 11) is 0. The van der Waals surface area contributed by atoms with Crippen molar-refractivity contribution in [2.45, 2.75) is 24.8 Å². The van der Waals surface area contributed by atoms with Crippen LogP contribution < -0.4 is 5.32 Å². The number of terminal acetylenes is 1. The lowest BCUT2D eigenvalue weighted by Crippen LogP contribution is -2.13. The van der Waals surface area contributed by atoms with Gasteiger partial charge in [0, 0.05) is 4.90 Å². The third-order valence-electron chi connectivity index (χ3n) is 2.06. The van der Waals surface area contributed by atoms with Gasteiger partial charge in [0.25, 0.3) is 0 Å². The van der Waals surface area contributed by atoms with Gasteiger partial charge in [-0.3, -0.25) is 0 Å². The lowest BCUT2D eigenvalue weighted by Gasteiger charge is -2.12. The van der Waals surface area contributed by atoms with Gasteiger partial charge in [-0.2, -0.15) is 5.26 Å². The predicted octanol–water partition coefficient (Wildman–Crippen LogP) is 3.10. The van der Waals surface area contributed by atoms with Crippen LogP contribution in [-0.2, 0) is 0 Å². The molecule has 0 saturated carbocycles. The minimum Gasteiger partial charge on any atom is -0.371 e. The molecule has 2 nitrogen and oxygen atoms in total. The van der Waals surface area contributed by atoms with Gasteiger partial charge in [0.2, 0.25) is 0 Å². The first-order chi connectivity index (χ1) is 7.72. The van der Waals surface area contributed by atoms with Gasteiger partial charge >= 0.3 is 0 Å². The van der Waals surface area contributed by atoms with Crippen molar-refractivity contribution in [3.05, 3.63) is 23.8 Å². The summed E-state index contributed by atoms with van der Waals surface area (Å²) in [6.45, 7) is 3.96. The van der Waals surface area contributed by atoms with Crippen LogP contribution in [0.3, 0.4) is 0 Å². The molecule has 0 saturated heterocycles. The normalized spacial score (nSPS) is 11.2. The maximum absolute atomic E-state index is 9.16. The van der Waals surface area contributed by atoms with E-state index in [0.29, 0.717) is 5.56 Å². The highest BCUT2D eigenvalue weighted by atomic mass is 32.2. The number of hydrogen-bond acceptors (Lipinski definition) is 3. The SMILES string of the molecule is C#CC(C)Nc1cccc(SCC)c1C#N. The second-order valence-electron chi connectivity index (χ2n) is 3.26. The molecule has 0 amide bonds. The summed E-state index contributed by atoms with van der Waals surface area (Å²) in [5.74, 6) is 3.54. The van der Waals surface area contributed by atoms with Crippen molar-refractivity contribution in [1.29, 1.82) is 5.26 Å². The zero-order valence-corrected chi connectivity index (χ0v) is 10.3. The summed E-state index contributed by atoms with van der Waals surface area (Å²) >= 11 is 1.66. The molecule has 0 heterocycles. The lowest BCUT2D eigenvalue weighted by molar-refractivity contribution is 1.03. The molecule has 1 unspecified atom stereocenters. The van der Waals surface area contributed by atoms with Crippen LogP contribution >= 0.6 is 11.8 Å². The van der Waals surface area contributed by atoms with Crippen LogP contribution in [-0.4, -0.2) is 11.8 Å². The predicted molar refractivity (Wildman–Crippen MR) is 69.5 cm³/mol. The van der Waals surface area contributed by atoms with E-state index in [1.165, 1.54) is 0 Å². The van der Waals surface area contributed by atoms with E-state index in [1.807, 2.05) is 25.1 Å². The van der Waals surface area contributed by atoms with E-state index in [2.05, 4.69) is 24.2 Å². The van der Waals surface area contributed by atoms with Gasteiger partial charge in [0.1, 0.15) is 6.07 Å². The van der Waals surface area contributed by atoms with Gasteiger partial charge in [-0.25, -0.2) is 0 Å². The van der Waals surface area contributed by atoms with Gasteiger partial charge in [0.15, 0.2) is 0 Å². The Morgan fingerprint density at radius 1 is 1.56 bits per heavy atom. The minimum atomic E-state index is -0.0750. The highest BCUT2D eigenvalue weighted by molar-refractivity contribution is 7.99. The summed E-state index contributed by atoms with van der Waals surface area (Å²) in [4.78, 5) is 0.999. The molecule has 0 aliphatic carbocycles. The smallest absolute Gasteiger partial charge is 0.102 e. The number of nitrogens with one attached hydrogen (secondary N) is 1. The number of thioether (sulfide) groups is 1. The van der Waals surface area contributed by atoms with Crippen molar-refractivity contribution in [2.75, 3.05) is 11.1 Å². The largest absolute Gasteiger partial charge is 0.371 e. The van der Waals surface area contributed by atoms with Crippen molar-refractivity contribution in [2.24, 2.45) is 0 Å². The third-order valence-corrected chi connectivity index (χ3v) is 3.00. The standard InChI is InChI=1S/C13H14N2S/c1-4-10(3)15-12-7-6-8-13(16-5-2)11(12)9-14/h1,6-8,10,15H,5H2,2-3H3. The minimum absolute atomic E-state index is 0.0750. The Morgan fingerprint density at radius 2 is 2.31 bits per heavy atom. The monoisotopic (exact) mass is 230 g/mol. The van der Waals surface area contributed by atoms with Crippen molar-refractivity contribution >= 4 is 17.4 Å². The second-order valence-corrected chi connectivity index (χ2v) is 4.56. The van der Waals surface area contributed by atoms with E-state index < -0.39 is 0 Å². The fourth-order valence-electron chi connectivity index (χ4n) is 1.32. The number of nitriles is 1. The van der Waals surface area contributed by atoms with E-state index in [0.717, 1.165) is 16.3 Å². The van der Waals surface area contributed by atoms with E-state index in [1.54, 1.807) is 11.8 Å². The van der Waals surface area contributed by atoms with Gasteiger partial charge in [0.05, 0.1) is 17.3 Å². The molecule has 1 atom stereocenters. The first-order valence-corrected chi connectivity index (χ1v) is 6.10. The average molecular weight is 230 g/mol. The Bertz CT molecular complexity index is 440. The van der Waals surface area contributed by atoms with Crippen LogP contribution in [0.4, 0.5) is 5.69 Å². The van der Waals surface area contributed by atoms with Gasteiger partial charge in [-0.1, -0.05) is 18.9 Å². The first-order valence-electron chi connectivity index (χ1n) is 5.11. The number of anilines is 1. The van der Waals surface area contributed by atoms with Crippen molar-refractivity contribution in [1.82, 2.24) is 0 Å². The number of hydrogen-bond donors (Lipinski definition) is 1. The summed E-state index contributed by atoms with van der Waals surface area (Å²) in [5, 5.41) is 12.3. The third kappa shape index (κ3) is 2.95. The average Bonchev–Trinajstić information content (AvgIpc) is 2.29. The highest BCUT2D eigenvalue weighted by Crippen LogP contribution is 2.28. The van der Waals surface area contributed by atoms with Crippen LogP contribution in [0.2, 0.25) is 0 Å². The molecule has 1 aromatic carbocycles. The Morgan fingerprint density at radius 3 is 2.88 bits per heavy atom. The number of nitrogens with zero attached hydrogens (tertiary/aromatic N) is 1. The Balaban J connectivity index is 3.06. The topological polar surface area (TPSA) is 35.8 Å². The summed E-state index contributed by atoms with van der Waals surface area (Å²) in [5.41, 5.74) is 1.49. The maximum Gasteiger partial charge on any atom is 0.102 e. The number of rotatable bonds is 4. The van der Waals surface area contributed by atoms with Crippen molar-refractivity contribution in [3.8, 4) is 18.4 Å². The summed E-state index contributed by atoms with van der Waals surface area (Å²) in [6, 6.07) is 7.92. The first kappa shape index (κ1) is 12.5. The Labute approximate surface area is 101 Å². The zero-order chi connectivity index (χ0) is 12.0.